The molecule has 0 amide bonds. The number of benzene rings is 2. The van der Waals surface area contributed by atoms with E-state index in [9.17, 15) is 30.3 Å². The van der Waals surface area contributed by atoms with Crippen LogP contribution in [0, 0.1) is 0 Å². The molecule has 0 unspecified atom stereocenters. The number of hydrogen-bond donors (Lipinski definition) is 5. The van der Waals surface area contributed by atoms with Crippen molar-refractivity contribution in [2.75, 3.05) is 44.8 Å². The summed E-state index contributed by atoms with van der Waals surface area (Å²) in [7, 11) is 1.26. The Morgan fingerprint density at radius 2 is 1.76 bits per heavy atom. The molecule has 13 heteroatoms. The van der Waals surface area contributed by atoms with E-state index in [4.69, 9.17) is 37.4 Å². The lowest BCUT2D eigenvalue weighted by Gasteiger charge is -2.45. The topological polar surface area (TPSA) is 152 Å². The summed E-state index contributed by atoms with van der Waals surface area (Å²) in [5.41, 5.74) is 0.962. The molecule has 2 aromatic rings. The Labute approximate surface area is 228 Å². The van der Waals surface area contributed by atoms with Gasteiger partial charge in [-0.15, -0.1) is 0 Å². The summed E-state index contributed by atoms with van der Waals surface area (Å²) in [5.74, 6) is -2.11. The third-order valence-electron chi connectivity index (χ3n) is 7.37. The molecule has 3 aliphatic rings. The number of ether oxygens (including phenoxy) is 3. The first-order chi connectivity index (χ1) is 18.2. The lowest BCUT2D eigenvalue weighted by molar-refractivity contribution is -0.235. The summed E-state index contributed by atoms with van der Waals surface area (Å²) in [6, 6.07) is 5.43. The Hall–Kier alpha value is -2.51. The Bertz CT molecular complexity index is 1240. The predicted molar refractivity (Wildman–Crippen MR) is 136 cm³/mol. The van der Waals surface area contributed by atoms with Gasteiger partial charge in [-0.1, -0.05) is 23.2 Å². The minimum Gasteiger partial charge on any atom is -0.504 e. The van der Waals surface area contributed by atoms with E-state index in [-0.39, 0.29) is 29.0 Å². The molecule has 0 bridgehead atoms. The largest absolute Gasteiger partial charge is 0.504 e. The van der Waals surface area contributed by atoms with Gasteiger partial charge >= 0.3 is 5.97 Å². The van der Waals surface area contributed by atoms with E-state index in [0.29, 0.717) is 36.2 Å². The van der Waals surface area contributed by atoms with Crippen LogP contribution in [0.4, 0.5) is 5.69 Å². The van der Waals surface area contributed by atoms with E-state index in [1.165, 1.54) is 7.11 Å². The number of aliphatic hydroxyl groups is 3. The number of nitrogens with zero attached hydrogens (tertiary/aromatic N) is 2. The molecule has 0 radical (unpaired) electrons. The number of phenolic OH excluding ortho intramolecular Hbond substituents is 2. The van der Waals surface area contributed by atoms with Crippen LogP contribution in [-0.4, -0.2) is 101 Å². The fourth-order valence-corrected chi connectivity index (χ4v) is 5.63. The van der Waals surface area contributed by atoms with Gasteiger partial charge in [-0.25, -0.2) is 4.79 Å². The molecular weight excluding hydrogens is 543 g/mol. The highest BCUT2D eigenvalue weighted by atomic mass is 35.5. The van der Waals surface area contributed by atoms with Crippen LogP contribution in [0.2, 0.25) is 10.0 Å². The lowest BCUT2D eigenvalue weighted by atomic mass is 9.84. The zero-order chi connectivity index (χ0) is 27.3. The molecule has 3 heterocycles. The number of aliphatic hydroxyl groups excluding tert-OH is 3. The Kier molecular flexibility index (Phi) is 7.53. The molecular formula is C25H28Cl2N2O9. The minimum atomic E-state index is -1.57. The van der Waals surface area contributed by atoms with E-state index in [2.05, 4.69) is 4.90 Å². The molecule has 2 aromatic carbocycles. The van der Waals surface area contributed by atoms with Crippen LogP contribution in [0.25, 0.3) is 0 Å². The number of phenols is 2. The maximum atomic E-state index is 13.2. The SMILES string of the molecule is COc1c(O)c(CN2CCN(c3ccc(Cl)c(Cl)c3)CC2)c2c(c1O)[C@@H]1O[C@H](CO)[C@@H](O)[C@H](O)[C@@H]1OC2=O. The van der Waals surface area contributed by atoms with Gasteiger partial charge in [0.2, 0.25) is 5.75 Å². The van der Waals surface area contributed by atoms with Gasteiger partial charge in [0, 0.05) is 49.5 Å². The number of rotatable bonds is 5. The van der Waals surface area contributed by atoms with Crippen molar-refractivity contribution in [2.45, 2.75) is 37.1 Å². The van der Waals surface area contributed by atoms with E-state index >= 15 is 0 Å². The van der Waals surface area contributed by atoms with Crippen LogP contribution in [0.15, 0.2) is 18.2 Å². The van der Waals surface area contributed by atoms with Gasteiger partial charge in [0.05, 0.1) is 29.3 Å². The van der Waals surface area contributed by atoms with E-state index < -0.39 is 54.6 Å². The van der Waals surface area contributed by atoms with Gasteiger partial charge in [0.25, 0.3) is 0 Å². The van der Waals surface area contributed by atoms with Crippen LogP contribution in [0.1, 0.15) is 27.6 Å². The molecule has 5 N–H and O–H groups in total. The number of hydrogen-bond acceptors (Lipinski definition) is 11. The Balaban J connectivity index is 1.46. The number of aromatic hydroxyl groups is 2. The van der Waals surface area contributed by atoms with Crippen molar-refractivity contribution in [3.05, 3.63) is 44.9 Å². The molecule has 2 saturated heterocycles. The summed E-state index contributed by atoms with van der Waals surface area (Å²) in [5, 5.41) is 53.4. The van der Waals surface area contributed by atoms with Gasteiger partial charge in [-0.3, -0.25) is 4.90 Å². The molecule has 3 aliphatic heterocycles. The number of carbonyl (C=O) groups excluding carboxylic acids is 1. The van der Waals surface area contributed by atoms with Crippen LogP contribution >= 0.6 is 23.2 Å². The van der Waals surface area contributed by atoms with Gasteiger partial charge < -0.3 is 44.6 Å². The summed E-state index contributed by atoms with van der Waals surface area (Å²) in [4.78, 5) is 17.3. The number of methoxy groups -OCH3 is 1. The normalized spacial score (nSPS) is 27.5. The van der Waals surface area contributed by atoms with Gasteiger partial charge in [0.15, 0.2) is 17.6 Å². The zero-order valence-electron chi connectivity index (χ0n) is 20.4. The predicted octanol–water partition coefficient (Wildman–Crippen LogP) is 1.43. The number of piperazine rings is 1. The van der Waals surface area contributed by atoms with Gasteiger partial charge in [-0.05, 0) is 18.2 Å². The lowest BCUT2D eigenvalue weighted by Crippen LogP contribution is -2.58. The van der Waals surface area contributed by atoms with Crippen molar-refractivity contribution in [1.29, 1.82) is 0 Å². The number of halogens is 2. The molecule has 2 fully saturated rings. The second-order valence-corrected chi connectivity index (χ2v) is 10.3. The number of esters is 1. The fourth-order valence-electron chi connectivity index (χ4n) is 5.33. The molecule has 38 heavy (non-hydrogen) atoms. The summed E-state index contributed by atoms with van der Waals surface area (Å²) < 4.78 is 16.5. The van der Waals surface area contributed by atoms with Crippen molar-refractivity contribution in [3.8, 4) is 17.2 Å². The highest BCUT2D eigenvalue weighted by molar-refractivity contribution is 6.42. The molecule has 206 valence electrons. The molecule has 0 aromatic heterocycles. The maximum absolute atomic E-state index is 13.2. The van der Waals surface area contributed by atoms with Crippen LogP contribution < -0.4 is 9.64 Å². The summed E-state index contributed by atoms with van der Waals surface area (Å²) in [6.45, 7) is 1.94. The van der Waals surface area contributed by atoms with Crippen molar-refractivity contribution >= 4 is 34.9 Å². The van der Waals surface area contributed by atoms with E-state index in [0.717, 1.165) is 5.69 Å². The maximum Gasteiger partial charge on any atom is 0.339 e. The third kappa shape index (κ3) is 4.51. The number of anilines is 1. The zero-order valence-corrected chi connectivity index (χ0v) is 21.9. The Morgan fingerprint density at radius 1 is 1.05 bits per heavy atom. The molecule has 0 aliphatic carbocycles. The van der Waals surface area contributed by atoms with Crippen molar-refractivity contribution in [3.63, 3.8) is 0 Å². The van der Waals surface area contributed by atoms with Gasteiger partial charge in [-0.2, -0.15) is 0 Å². The first-order valence-corrected chi connectivity index (χ1v) is 12.8. The quantitative estimate of drug-likeness (QED) is 0.332. The molecule has 11 nitrogen and oxygen atoms in total. The highest BCUT2D eigenvalue weighted by Crippen LogP contribution is 2.52. The summed E-state index contributed by atoms with van der Waals surface area (Å²) in [6.07, 6.45) is -6.82. The van der Waals surface area contributed by atoms with Crippen LogP contribution in [0.5, 0.6) is 17.2 Å². The monoisotopic (exact) mass is 570 g/mol. The number of carbonyl (C=O) groups is 1. The first-order valence-electron chi connectivity index (χ1n) is 12.1. The fraction of sp³-hybridized carbons (Fsp3) is 0.480. The van der Waals surface area contributed by atoms with Crippen molar-refractivity contribution < 1.29 is 44.5 Å². The second-order valence-electron chi connectivity index (χ2n) is 9.49. The first kappa shape index (κ1) is 27.1. The van der Waals surface area contributed by atoms with Crippen molar-refractivity contribution in [1.82, 2.24) is 4.90 Å². The average Bonchev–Trinajstić information content (AvgIpc) is 2.91. The Morgan fingerprint density at radius 3 is 2.39 bits per heavy atom. The summed E-state index contributed by atoms with van der Waals surface area (Å²) >= 11 is 12.2. The number of fused-ring (bicyclic) bond motifs is 3. The molecule has 5 rings (SSSR count). The molecule has 5 atom stereocenters. The smallest absolute Gasteiger partial charge is 0.339 e. The molecule has 0 spiro atoms. The third-order valence-corrected chi connectivity index (χ3v) is 8.11. The highest BCUT2D eigenvalue weighted by Gasteiger charge is 2.53. The standard InChI is InChI=1S/C25H28Cl2N2O9/c1-36-23-18(31)12(9-28-4-6-29(7-5-28)11-2-3-13(26)14(27)8-11)16-17(20(23)33)22-24(38-25(16)35)21(34)19(32)15(10-30)37-22/h2-3,8,15,19,21-22,24,30-34H,4-7,9-10H2,1H3/t15-,19-,21+,22+,24+/m1/s1. The van der Waals surface area contributed by atoms with Crippen molar-refractivity contribution in [2.24, 2.45) is 0 Å². The van der Waals surface area contributed by atoms with Gasteiger partial charge in [0.1, 0.15) is 24.4 Å². The molecule has 0 saturated carbocycles. The van der Waals surface area contributed by atoms with Crippen LogP contribution in [-0.2, 0) is 16.0 Å². The average molecular weight is 571 g/mol. The second kappa shape index (κ2) is 10.6. The minimum absolute atomic E-state index is 0.0326. The van der Waals surface area contributed by atoms with E-state index in [1.54, 1.807) is 12.1 Å². The van der Waals surface area contributed by atoms with E-state index in [1.807, 2.05) is 11.0 Å². The van der Waals surface area contributed by atoms with Crippen LogP contribution in [0.3, 0.4) is 0 Å².